The maximum Gasteiger partial charge on any atom is 0.127 e. The number of rotatable bonds is 3. The molecule has 2 aliphatic rings. The Balaban J connectivity index is 1.99. The Bertz CT molecular complexity index is 441. The fraction of sp³-hybridized carbons (Fsp3) is 0.571. The monoisotopic (exact) mass is 248 g/mol. The minimum absolute atomic E-state index is 0.0203. The number of nitrogens with one attached hydrogen (secondary N) is 1. The Labute approximate surface area is 107 Å². The van der Waals surface area contributed by atoms with E-state index in [-0.39, 0.29) is 11.6 Å². The average molecular weight is 248 g/mol. The highest BCUT2D eigenvalue weighted by Gasteiger charge is 2.40. The van der Waals surface area contributed by atoms with Crippen LogP contribution in [0.3, 0.4) is 0 Å². The molecule has 3 rings (SSSR count). The first-order valence-corrected chi connectivity index (χ1v) is 6.59. The van der Waals surface area contributed by atoms with Gasteiger partial charge in [0.25, 0.3) is 0 Å². The third-order valence-electron chi connectivity index (χ3n) is 4.08. The van der Waals surface area contributed by atoms with Crippen molar-refractivity contribution in [1.82, 2.24) is 5.43 Å². The van der Waals surface area contributed by atoms with E-state index in [1.54, 1.807) is 0 Å². The van der Waals surface area contributed by atoms with E-state index in [1.807, 2.05) is 0 Å². The Morgan fingerprint density at radius 2 is 2.28 bits per heavy atom. The van der Waals surface area contributed by atoms with Gasteiger partial charge in [0.2, 0.25) is 0 Å². The molecule has 2 unspecified atom stereocenters. The van der Waals surface area contributed by atoms with Crippen LogP contribution in [0.5, 0.6) is 5.75 Å². The van der Waals surface area contributed by atoms with Gasteiger partial charge in [-0.3, -0.25) is 5.84 Å². The molecule has 0 aliphatic carbocycles. The quantitative estimate of drug-likeness (QED) is 0.631. The summed E-state index contributed by atoms with van der Waals surface area (Å²) < 4.78 is 11.7. The first-order valence-electron chi connectivity index (χ1n) is 6.59. The summed E-state index contributed by atoms with van der Waals surface area (Å²) in [6.07, 6.45) is 3.09. The van der Waals surface area contributed by atoms with Gasteiger partial charge in [0.15, 0.2) is 0 Å². The number of ether oxygens (including phenoxy) is 2. The summed E-state index contributed by atoms with van der Waals surface area (Å²) in [6.45, 7) is 3.70. The lowest BCUT2D eigenvalue weighted by molar-refractivity contribution is -0.0131. The number of para-hydroxylation sites is 1. The lowest BCUT2D eigenvalue weighted by Crippen LogP contribution is -2.44. The average Bonchev–Trinajstić information content (AvgIpc) is 2.99. The number of nitrogens with two attached hydrogens (primary N) is 1. The number of hydrazine groups is 1. The summed E-state index contributed by atoms with van der Waals surface area (Å²) in [7, 11) is 0. The molecule has 0 saturated carbocycles. The smallest absolute Gasteiger partial charge is 0.127 e. The lowest BCUT2D eigenvalue weighted by atomic mass is 9.87. The SMILES string of the molecule is CC1(C(NN)c2cccc3c2OCC3)CCCO1. The van der Waals surface area contributed by atoms with Gasteiger partial charge in [0.05, 0.1) is 18.2 Å². The van der Waals surface area contributed by atoms with E-state index >= 15 is 0 Å². The summed E-state index contributed by atoms with van der Waals surface area (Å²) in [5.41, 5.74) is 5.08. The third kappa shape index (κ3) is 1.81. The van der Waals surface area contributed by atoms with Crippen LogP contribution in [0.2, 0.25) is 0 Å². The molecule has 98 valence electrons. The Morgan fingerprint density at radius 1 is 1.39 bits per heavy atom. The molecular weight excluding hydrogens is 228 g/mol. The van der Waals surface area contributed by atoms with Gasteiger partial charge in [0.1, 0.15) is 5.75 Å². The first-order chi connectivity index (χ1) is 8.74. The van der Waals surface area contributed by atoms with Gasteiger partial charge in [-0.1, -0.05) is 18.2 Å². The molecule has 18 heavy (non-hydrogen) atoms. The summed E-state index contributed by atoms with van der Waals surface area (Å²) >= 11 is 0. The highest BCUT2D eigenvalue weighted by molar-refractivity contribution is 5.46. The van der Waals surface area contributed by atoms with Crippen molar-refractivity contribution < 1.29 is 9.47 Å². The molecule has 1 saturated heterocycles. The molecule has 0 bridgehead atoms. The number of hydrogen-bond acceptors (Lipinski definition) is 4. The fourth-order valence-electron chi connectivity index (χ4n) is 3.09. The van der Waals surface area contributed by atoms with E-state index < -0.39 is 0 Å². The van der Waals surface area contributed by atoms with Crippen LogP contribution >= 0.6 is 0 Å². The standard InChI is InChI=1S/C14H20N2O2/c1-14(7-3-8-18-14)13(16-15)11-5-2-4-10-6-9-17-12(10)11/h2,4-5,13,16H,3,6-9,15H2,1H3. The Hall–Kier alpha value is -1.10. The van der Waals surface area contributed by atoms with Crippen molar-refractivity contribution in [3.63, 3.8) is 0 Å². The topological polar surface area (TPSA) is 56.5 Å². The molecule has 1 aromatic rings. The maximum absolute atomic E-state index is 5.91. The van der Waals surface area contributed by atoms with Gasteiger partial charge >= 0.3 is 0 Å². The number of hydrogen-bond donors (Lipinski definition) is 2. The Kier molecular flexibility index (Phi) is 3.01. The van der Waals surface area contributed by atoms with Gasteiger partial charge in [-0.2, -0.15) is 0 Å². The largest absolute Gasteiger partial charge is 0.493 e. The van der Waals surface area contributed by atoms with Crippen molar-refractivity contribution in [1.29, 1.82) is 0 Å². The second-order valence-electron chi connectivity index (χ2n) is 5.30. The summed E-state index contributed by atoms with van der Waals surface area (Å²) in [5.74, 6) is 6.78. The zero-order valence-electron chi connectivity index (χ0n) is 10.7. The number of fused-ring (bicyclic) bond motifs is 1. The fourth-order valence-corrected chi connectivity index (χ4v) is 3.09. The molecule has 3 N–H and O–H groups in total. The highest BCUT2D eigenvalue weighted by Crippen LogP contribution is 2.42. The number of benzene rings is 1. The van der Waals surface area contributed by atoms with E-state index in [2.05, 4.69) is 30.5 Å². The second-order valence-corrected chi connectivity index (χ2v) is 5.30. The van der Waals surface area contributed by atoms with Crippen molar-refractivity contribution in [3.05, 3.63) is 29.3 Å². The zero-order valence-corrected chi connectivity index (χ0v) is 10.7. The molecule has 1 fully saturated rings. The molecule has 2 heterocycles. The van der Waals surface area contributed by atoms with Crippen LogP contribution in [-0.4, -0.2) is 18.8 Å². The summed E-state index contributed by atoms with van der Waals surface area (Å²) in [4.78, 5) is 0. The lowest BCUT2D eigenvalue weighted by Gasteiger charge is -2.33. The highest BCUT2D eigenvalue weighted by atomic mass is 16.5. The van der Waals surface area contributed by atoms with Crippen molar-refractivity contribution >= 4 is 0 Å². The second kappa shape index (κ2) is 4.53. The van der Waals surface area contributed by atoms with Crippen LogP contribution in [0.15, 0.2) is 18.2 Å². The van der Waals surface area contributed by atoms with Crippen molar-refractivity contribution in [2.24, 2.45) is 5.84 Å². The van der Waals surface area contributed by atoms with E-state index in [9.17, 15) is 0 Å². The third-order valence-corrected chi connectivity index (χ3v) is 4.08. The molecule has 1 aromatic carbocycles. The molecule has 0 radical (unpaired) electrons. The predicted octanol–water partition coefficient (Wildman–Crippen LogP) is 1.69. The van der Waals surface area contributed by atoms with E-state index in [0.29, 0.717) is 0 Å². The van der Waals surface area contributed by atoms with Crippen LogP contribution in [0.25, 0.3) is 0 Å². The van der Waals surface area contributed by atoms with Crippen LogP contribution in [0, 0.1) is 0 Å². The molecule has 0 amide bonds. The van der Waals surface area contributed by atoms with Gasteiger partial charge < -0.3 is 9.47 Å². The van der Waals surface area contributed by atoms with Crippen molar-refractivity contribution in [3.8, 4) is 5.75 Å². The molecule has 2 aliphatic heterocycles. The minimum atomic E-state index is -0.240. The van der Waals surface area contributed by atoms with Gasteiger partial charge in [-0.05, 0) is 25.3 Å². The summed E-state index contributed by atoms with van der Waals surface area (Å²) in [5, 5.41) is 0. The molecule has 0 spiro atoms. The molecular formula is C14H20N2O2. The Morgan fingerprint density at radius 3 is 3.00 bits per heavy atom. The molecule has 0 aromatic heterocycles. The van der Waals surface area contributed by atoms with E-state index in [4.69, 9.17) is 15.3 Å². The zero-order chi connectivity index (χ0) is 12.6. The molecule has 2 atom stereocenters. The van der Waals surface area contributed by atoms with Gasteiger partial charge in [0, 0.05) is 18.6 Å². The maximum atomic E-state index is 5.91. The van der Waals surface area contributed by atoms with Crippen LogP contribution < -0.4 is 16.0 Å². The molecule has 4 heteroatoms. The van der Waals surface area contributed by atoms with Crippen LogP contribution in [0.4, 0.5) is 0 Å². The van der Waals surface area contributed by atoms with Crippen molar-refractivity contribution in [2.45, 2.75) is 37.8 Å². The predicted molar refractivity (Wildman–Crippen MR) is 69.3 cm³/mol. The normalized spacial score (nSPS) is 27.9. The first kappa shape index (κ1) is 12.0. The van der Waals surface area contributed by atoms with E-state index in [0.717, 1.165) is 43.8 Å². The van der Waals surface area contributed by atoms with Crippen LogP contribution in [0.1, 0.15) is 36.9 Å². The minimum Gasteiger partial charge on any atom is -0.493 e. The van der Waals surface area contributed by atoms with Gasteiger partial charge in [-0.15, -0.1) is 0 Å². The van der Waals surface area contributed by atoms with Gasteiger partial charge in [-0.25, -0.2) is 5.43 Å². The van der Waals surface area contributed by atoms with Crippen molar-refractivity contribution in [2.75, 3.05) is 13.2 Å². The summed E-state index contributed by atoms with van der Waals surface area (Å²) in [6, 6.07) is 6.26. The molecule has 4 nitrogen and oxygen atoms in total. The van der Waals surface area contributed by atoms with Crippen LogP contribution in [-0.2, 0) is 11.2 Å². The van der Waals surface area contributed by atoms with E-state index in [1.165, 1.54) is 5.56 Å².